The molecule has 2 rings (SSSR count). The fraction of sp³-hybridized carbons (Fsp3) is 0.391. The van der Waals surface area contributed by atoms with Gasteiger partial charge in [0, 0.05) is 19.5 Å². The number of methoxy groups -OCH3 is 1. The van der Waals surface area contributed by atoms with Crippen LogP contribution in [0.2, 0.25) is 0 Å². The van der Waals surface area contributed by atoms with Crippen molar-refractivity contribution in [3.05, 3.63) is 48.0 Å². The molecule has 32 heavy (non-hydrogen) atoms. The number of benzene rings is 2. The number of carbonyl (C=O) groups is 2. The zero-order valence-electron chi connectivity index (χ0n) is 18.4. The van der Waals surface area contributed by atoms with Crippen molar-refractivity contribution in [2.24, 2.45) is 0 Å². The minimum atomic E-state index is -3.49. The third kappa shape index (κ3) is 7.88. The van der Waals surface area contributed by atoms with Crippen LogP contribution in [0.3, 0.4) is 0 Å². The Balaban J connectivity index is 2.19. The maximum Gasteiger partial charge on any atom is 0.407 e. The van der Waals surface area contributed by atoms with Crippen LogP contribution in [0.1, 0.15) is 31.2 Å². The highest BCUT2D eigenvalue weighted by molar-refractivity contribution is 7.92. The molecule has 174 valence electrons. The van der Waals surface area contributed by atoms with Crippen molar-refractivity contribution in [3.8, 4) is 16.9 Å². The molecule has 0 aliphatic heterocycles. The number of aldehydes is 1. The van der Waals surface area contributed by atoms with Gasteiger partial charge in [-0.3, -0.25) is 4.72 Å². The van der Waals surface area contributed by atoms with Gasteiger partial charge in [0.25, 0.3) is 0 Å². The van der Waals surface area contributed by atoms with E-state index >= 15 is 0 Å². The van der Waals surface area contributed by atoms with Gasteiger partial charge in [-0.2, -0.15) is 0 Å². The number of ether oxygens (including phenoxy) is 1. The second-order valence-corrected chi connectivity index (χ2v) is 9.23. The zero-order chi connectivity index (χ0) is 23.6. The van der Waals surface area contributed by atoms with Crippen molar-refractivity contribution >= 4 is 28.1 Å². The molecule has 0 bridgehead atoms. The molecule has 0 aromatic heterocycles. The molecule has 0 fully saturated rings. The monoisotopic (exact) mass is 462 g/mol. The Kier molecular flexibility index (Phi) is 9.52. The number of hydrogen-bond donors (Lipinski definition) is 2. The first kappa shape index (κ1) is 25.2. The van der Waals surface area contributed by atoms with Crippen LogP contribution in [0.4, 0.5) is 10.5 Å². The molecule has 0 atom stereocenters. The molecule has 0 unspecified atom stereocenters. The number of carbonyl (C=O) groups excluding carboxylic acids is 1. The Morgan fingerprint density at radius 1 is 1.12 bits per heavy atom. The smallest absolute Gasteiger partial charge is 0.407 e. The van der Waals surface area contributed by atoms with Gasteiger partial charge >= 0.3 is 6.09 Å². The maximum atomic E-state index is 11.7. The molecule has 2 aromatic rings. The van der Waals surface area contributed by atoms with Gasteiger partial charge in [-0.25, -0.2) is 13.2 Å². The molecule has 0 radical (unpaired) electrons. The summed E-state index contributed by atoms with van der Waals surface area (Å²) >= 11 is 0. The normalized spacial score (nSPS) is 11.1. The van der Waals surface area contributed by atoms with Crippen molar-refractivity contribution < 1.29 is 27.9 Å². The van der Waals surface area contributed by atoms with E-state index in [1.165, 1.54) is 12.0 Å². The first-order chi connectivity index (χ1) is 15.2. The Labute approximate surface area is 189 Å². The molecular formula is C23H30N2O6S. The van der Waals surface area contributed by atoms with Crippen molar-refractivity contribution in [1.82, 2.24) is 4.90 Å². The molecule has 9 heteroatoms. The highest BCUT2D eigenvalue weighted by Gasteiger charge is 2.15. The van der Waals surface area contributed by atoms with E-state index in [1.807, 2.05) is 30.3 Å². The largest absolute Gasteiger partial charge is 0.495 e. The molecule has 0 spiro atoms. The van der Waals surface area contributed by atoms with Crippen LogP contribution in [-0.4, -0.2) is 57.3 Å². The lowest BCUT2D eigenvalue weighted by Crippen LogP contribution is -2.32. The summed E-state index contributed by atoms with van der Waals surface area (Å²) < 4.78 is 31.2. The number of carboxylic acid groups (broad SMARTS) is 1. The summed E-state index contributed by atoms with van der Waals surface area (Å²) in [6.45, 7) is 0.756. The molecule has 0 heterocycles. The van der Waals surface area contributed by atoms with E-state index in [0.29, 0.717) is 43.8 Å². The van der Waals surface area contributed by atoms with E-state index in [1.54, 1.807) is 12.1 Å². The fourth-order valence-corrected chi connectivity index (χ4v) is 4.00. The van der Waals surface area contributed by atoms with Crippen LogP contribution in [0.25, 0.3) is 11.1 Å². The van der Waals surface area contributed by atoms with E-state index in [9.17, 15) is 23.1 Å². The van der Waals surface area contributed by atoms with Crippen LogP contribution in [0, 0.1) is 0 Å². The quantitative estimate of drug-likeness (QED) is 0.343. The highest BCUT2D eigenvalue weighted by atomic mass is 32.2. The first-order valence-corrected chi connectivity index (χ1v) is 12.3. The Morgan fingerprint density at radius 3 is 2.53 bits per heavy atom. The lowest BCUT2D eigenvalue weighted by atomic mass is 9.97. The minimum Gasteiger partial charge on any atom is -0.495 e. The number of amides is 1. The van der Waals surface area contributed by atoms with Crippen LogP contribution >= 0.6 is 0 Å². The molecule has 0 saturated heterocycles. The van der Waals surface area contributed by atoms with E-state index in [-0.39, 0.29) is 0 Å². The molecule has 2 aromatic carbocycles. The Bertz CT molecular complexity index is 1020. The second kappa shape index (κ2) is 12.1. The zero-order valence-corrected chi connectivity index (χ0v) is 19.2. The number of anilines is 1. The molecule has 0 aliphatic carbocycles. The summed E-state index contributed by atoms with van der Waals surface area (Å²) in [6, 6.07) is 12.9. The second-order valence-electron chi connectivity index (χ2n) is 7.48. The topological polar surface area (TPSA) is 113 Å². The highest BCUT2D eigenvalue weighted by Crippen LogP contribution is 2.33. The first-order valence-electron chi connectivity index (χ1n) is 10.4. The van der Waals surface area contributed by atoms with Crippen LogP contribution in [0.5, 0.6) is 5.75 Å². The van der Waals surface area contributed by atoms with E-state index in [0.717, 1.165) is 42.1 Å². The molecule has 1 amide bonds. The van der Waals surface area contributed by atoms with Gasteiger partial charge in [0.1, 0.15) is 12.0 Å². The van der Waals surface area contributed by atoms with Crippen LogP contribution in [-0.2, 0) is 21.2 Å². The summed E-state index contributed by atoms with van der Waals surface area (Å²) in [7, 11) is -2.02. The Hall–Kier alpha value is -3.07. The summed E-state index contributed by atoms with van der Waals surface area (Å²) in [5, 5.41) is 9.53. The third-order valence-electron chi connectivity index (χ3n) is 4.99. The lowest BCUT2D eigenvalue weighted by molar-refractivity contribution is -0.107. The predicted octanol–water partition coefficient (Wildman–Crippen LogP) is 4.02. The Morgan fingerprint density at radius 2 is 1.88 bits per heavy atom. The SMILES string of the molecule is COc1ccc(-c2ccccc2CCN(CCCCCC=O)C(=O)O)cc1NS(C)(=O)=O. The number of nitrogens with zero attached hydrogens (tertiary/aromatic N) is 1. The minimum absolute atomic E-state index is 0.338. The number of unbranched alkanes of at least 4 members (excludes halogenated alkanes) is 3. The fourth-order valence-electron chi connectivity index (χ4n) is 3.44. The van der Waals surface area contributed by atoms with Crippen molar-refractivity contribution in [2.45, 2.75) is 32.1 Å². The molecule has 0 aliphatic rings. The van der Waals surface area contributed by atoms with Crippen molar-refractivity contribution in [2.75, 3.05) is 31.2 Å². The lowest BCUT2D eigenvalue weighted by Gasteiger charge is -2.20. The predicted molar refractivity (Wildman–Crippen MR) is 125 cm³/mol. The van der Waals surface area contributed by atoms with Gasteiger partial charge in [-0.05, 0) is 48.1 Å². The number of sulfonamides is 1. The van der Waals surface area contributed by atoms with Gasteiger partial charge in [0.2, 0.25) is 10.0 Å². The summed E-state index contributed by atoms with van der Waals surface area (Å²) in [5.41, 5.74) is 2.98. The average molecular weight is 463 g/mol. The van der Waals surface area contributed by atoms with Crippen LogP contribution < -0.4 is 9.46 Å². The van der Waals surface area contributed by atoms with Gasteiger partial charge in [-0.15, -0.1) is 0 Å². The van der Waals surface area contributed by atoms with Crippen molar-refractivity contribution in [3.63, 3.8) is 0 Å². The third-order valence-corrected chi connectivity index (χ3v) is 5.59. The van der Waals surface area contributed by atoms with E-state index in [4.69, 9.17) is 4.74 Å². The van der Waals surface area contributed by atoms with Gasteiger partial charge in [0.15, 0.2) is 0 Å². The maximum absolute atomic E-state index is 11.7. The average Bonchev–Trinajstić information content (AvgIpc) is 2.74. The number of hydrogen-bond acceptors (Lipinski definition) is 5. The number of rotatable bonds is 13. The van der Waals surface area contributed by atoms with Gasteiger partial charge < -0.3 is 19.5 Å². The van der Waals surface area contributed by atoms with Crippen LogP contribution in [0.15, 0.2) is 42.5 Å². The molecule has 0 saturated carbocycles. The van der Waals surface area contributed by atoms with E-state index in [2.05, 4.69) is 4.72 Å². The summed E-state index contributed by atoms with van der Waals surface area (Å²) in [5.74, 6) is 0.406. The molecule has 8 nitrogen and oxygen atoms in total. The summed E-state index contributed by atoms with van der Waals surface area (Å²) in [6.07, 6.45) is 4.27. The molecular weight excluding hydrogens is 432 g/mol. The van der Waals surface area contributed by atoms with Gasteiger partial charge in [0.05, 0.1) is 19.1 Å². The van der Waals surface area contributed by atoms with Crippen molar-refractivity contribution in [1.29, 1.82) is 0 Å². The standard InChI is InChI=1S/C23H30N2O6S/c1-31-22-12-11-19(17-21(22)24-32(2,29)30)20-10-6-5-9-18(20)13-15-25(23(27)28)14-7-3-4-8-16-26/h5-6,9-12,16-17,24H,3-4,7-8,13-15H2,1-2H3,(H,27,28). The number of nitrogens with one attached hydrogen (secondary N) is 1. The van der Waals surface area contributed by atoms with E-state index < -0.39 is 16.1 Å². The summed E-state index contributed by atoms with van der Waals surface area (Å²) in [4.78, 5) is 23.4. The van der Waals surface area contributed by atoms with Gasteiger partial charge in [-0.1, -0.05) is 36.8 Å². The molecule has 2 N–H and O–H groups in total.